The Kier molecular flexibility index (Phi) is 4.55. The van der Waals surface area contributed by atoms with Crippen molar-refractivity contribution in [2.24, 2.45) is 11.8 Å². The summed E-state index contributed by atoms with van der Waals surface area (Å²) >= 11 is 2.07. The smallest absolute Gasteiger partial charge is 0.0702 e. The number of hydrogen-bond donors (Lipinski definition) is 2. The lowest BCUT2D eigenvalue weighted by Gasteiger charge is -2.26. The third-order valence-corrected chi connectivity index (χ3v) is 5.19. The molecule has 0 saturated carbocycles. The molecular formula is C16H21N3S. The average molecular weight is 287 g/mol. The Morgan fingerprint density at radius 2 is 2.15 bits per heavy atom. The highest BCUT2D eigenvalue weighted by Crippen LogP contribution is 2.31. The molecule has 1 aliphatic rings. The second-order valence-corrected chi connectivity index (χ2v) is 6.69. The van der Waals surface area contributed by atoms with E-state index in [-0.39, 0.29) is 6.04 Å². The van der Waals surface area contributed by atoms with E-state index in [0.717, 1.165) is 17.9 Å². The molecule has 0 radical (unpaired) electrons. The molecule has 3 N–H and O–H groups in total. The van der Waals surface area contributed by atoms with Crippen LogP contribution in [-0.2, 0) is 0 Å². The summed E-state index contributed by atoms with van der Waals surface area (Å²) in [7, 11) is 0. The van der Waals surface area contributed by atoms with Gasteiger partial charge in [-0.1, -0.05) is 12.1 Å². The summed E-state index contributed by atoms with van der Waals surface area (Å²) in [5, 5.41) is 1.18. The van der Waals surface area contributed by atoms with Crippen LogP contribution in [0.5, 0.6) is 0 Å². The van der Waals surface area contributed by atoms with Crippen LogP contribution < -0.4 is 11.3 Å². The van der Waals surface area contributed by atoms with Gasteiger partial charge in [0.1, 0.15) is 0 Å². The number of aromatic nitrogens is 1. The summed E-state index contributed by atoms with van der Waals surface area (Å²) in [5.41, 5.74) is 5.32. The molecular weight excluding hydrogens is 266 g/mol. The lowest BCUT2D eigenvalue weighted by molar-refractivity contribution is 0.374. The minimum absolute atomic E-state index is 0.243. The molecule has 2 aromatic rings. The summed E-state index contributed by atoms with van der Waals surface area (Å²) in [6, 6.07) is 10.8. The van der Waals surface area contributed by atoms with Crippen molar-refractivity contribution in [1.29, 1.82) is 0 Å². The SMILES string of the molecule is NNC(CC1CCSCC1)c1ccc2ncccc2c1. The Balaban J connectivity index is 1.79. The first-order valence-corrected chi connectivity index (χ1v) is 8.41. The van der Waals surface area contributed by atoms with Gasteiger partial charge in [0.05, 0.1) is 5.52 Å². The highest BCUT2D eigenvalue weighted by atomic mass is 32.2. The molecule has 1 unspecified atom stereocenters. The Morgan fingerprint density at radius 3 is 2.95 bits per heavy atom. The van der Waals surface area contributed by atoms with Gasteiger partial charge in [-0.25, -0.2) is 0 Å². The highest BCUT2D eigenvalue weighted by Gasteiger charge is 2.19. The molecule has 4 heteroatoms. The molecule has 1 aromatic carbocycles. The van der Waals surface area contributed by atoms with Crippen LogP contribution in [0, 0.1) is 5.92 Å². The van der Waals surface area contributed by atoms with E-state index in [0.29, 0.717) is 0 Å². The molecule has 0 aliphatic carbocycles. The zero-order chi connectivity index (χ0) is 13.8. The predicted octanol–water partition coefficient (Wildman–Crippen LogP) is 3.27. The normalized spacial score (nSPS) is 18.2. The van der Waals surface area contributed by atoms with E-state index in [2.05, 4.69) is 46.4 Å². The Morgan fingerprint density at radius 1 is 1.30 bits per heavy atom. The van der Waals surface area contributed by atoms with Gasteiger partial charge in [0.25, 0.3) is 0 Å². The number of thioether (sulfide) groups is 1. The fourth-order valence-electron chi connectivity index (χ4n) is 2.93. The summed E-state index contributed by atoms with van der Waals surface area (Å²) in [6.07, 6.45) is 5.60. The molecule has 1 saturated heterocycles. The van der Waals surface area contributed by atoms with Gasteiger partial charge in [0.15, 0.2) is 0 Å². The molecule has 106 valence electrons. The molecule has 3 rings (SSSR count). The third kappa shape index (κ3) is 3.14. The zero-order valence-corrected chi connectivity index (χ0v) is 12.4. The maximum absolute atomic E-state index is 5.80. The van der Waals surface area contributed by atoms with Crippen LogP contribution in [0.1, 0.15) is 30.9 Å². The first-order chi connectivity index (χ1) is 9.86. The van der Waals surface area contributed by atoms with E-state index in [1.807, 2.05) is 12.3 Å². The second kappa shape index (κ2) is 6.57. The van der Waals surface area contributed by atoms with E-state index in [1.54, 1.807) is 0 Å². The van der Waals surface area contributed by atoms with E-state index >= 15 is 0 Å². The van der Waals surface area contributed by atoms with Crippen LogP contribution in [0.4, 0.5) is 0 Å². The fourth-order valence-corrected chi connectivity index (χ4v) is 4.13. The summed E-state index contributed by atoms with van der Waals surface area (Å²) < 4.78 is 0. The van der Waals surface area contributed by atoms with Crippen molar-refractivity contribution in [3.63, 3.8) is 0 Å². The van der Waals surface area contributed by atoms with E-state index in [4.69, 9.17) is 5.84 Å². The maximum atomic E-state index is 5.80. The van der Waals surface area contributed by atoms with Gasteiger partial charge in [-0.05, 0) is 60.4 Å². The van der Waals surface area contributed by atoms with Gasteiger partial charge in [0.2, 0.25) is 0 Å². The van der Waals surface area contributed by atoms with Crippen LogP contribution in [0.3, 0.4) is 0 Å². The maximum Gasteiger partial charge on any atom is 0.0702 e. The Labute approximate surface area is 124 Å². The molecule has 1 fully saturated rings. The third-order valence-electron chi connectivity index (χ3n) is 4.14. The van der Waals surface area contributed by atoms with Gasteiger partial charge in [-0.2, -0.15) is 11.8 Å². The second-order valence-electron chi connectivity index (χ2n) is 5.47. The Hall–Kier alpha value is -1.10. The van der Waals surface area contributed by atoms with Crippen molar-refractivity contribution in [2.45, 2.75) is 25.3 Å². The molecule has 3 nitrogen and oxygen atoms in total. The van der Waals surface area contributed by atoms with E-state index < -0.39 is 0 Å². The minimum Gasteiger partial charge on any atom is -0.271 e. The molecule has 1 aromatic heterocycles. The van der Waals surface area contributed by atoms with Crippen LogP contribution in [-0.4, -0.2) is 16.5 Å². The van der Waals surface area contributed by atoms with Crippen LogP contribution in [0.2, 0.25) is 0 Å². The largest absolute Gasteiger partial charge is 0.271 e. The number of hydrazine groups is 1. The standard InChI is InChI=1S/C16H21N3S/c17-19-16(10-12-5-8-20-9-6-12)14-3-4-15-13(11-14)2-1-7-18-15/h1-4,7,11-12,16,19H,5-6,8-10,17H2. The van der Waals surface area contributed by atoms with E-state index in [1.165, 1.54) is 35.3 Å². The number of nitrogens with zero attached hydrogens (tertiary/aromatic N) is 1. The molecule has 20 heavy (non-hydrogen) atoms. The van der Waals surface area contributed by atoms with Crippen LogP contribution >= 0.6 is 11.8 Å². The first-order valence-electron chi connectivity index (χ1n) is 7.25. The fraction of sp³-hybridized carbons (Fsp3) is 0.438. The molecule has 1 aliphatic heterocycles. The lowest BCUT2D eigenvalue weighted by Crippen LogP contribution is -2.30. The lowest BCUT2D eigenvalue weighted by atomic mass is 9.90. The molecule has 1 atom stereocenters. The predicted molar refractivity (Wildman–Crippen MR) is 86.5 cm³/mol. The summed E-state index contributed by atoms with van der Waals surface area (Å²) in [4.78, 5) is 4.37. The van der Waals surface area contributed by atoms with Crippen molar-refractivity contribution >= 4 is 22.7 Å². The summed E-state index contributed by atoms with van der Waals surface area (Å²) in [6.45, 7) is 0. The van der Waals surface area contributed by atoms with Crippen molar-refractivity contribution in [3.05, 3.63) is 42.1 Å². The zero-order valence-electron chi connectivity index (χ0n) is 11.6. The number of fused-ring (bicyclic) bond motifs is 1. The number of nitrogens with two attached hydrogens (primary N) is 1. The van der Waals surface area contributed by atoms with Crippen molar-refractivity contribution in [2.75, 3.05) is 11.5 Å². The van der Waals surface area contributed by atoms with Gasteiger partial charge in [-0.15, -0.1) is 0 Å². The number of benzene rings is 1. The van der Waals surface area contributed by atoms with Gasteiger partial charge in [-0.3, -0.25) is 16.3 Å². The van der Waals surface area contributed by atoms with E-state index in [9.17, 15) is 0 Å². The number of hydrogen-bond acceptors (Lipinski definition) is 4. The highest BCUT2D eigenvalue weighted by molar-refractivity contribution is 7.99. The van der Waals surface area contributed by atoms with Crippen molar-refractivity contribution in [3.8, 4) is 0 Å². The Bertz CT molecular complexity index is 566. The average Bonchev–Trinajstić information content (AvgIpc) is 2.53. The number of pyridine rings is 1. The van der Waals surface area contributed by atoms with Crippen molar-refractivity contribution < 1.29 is 0 Å². The van der Waals surface area contributed by atoms with Gasteiger partial charge < -0.3 is 0 Å². The van der Waals surface area contributed by atoms with Crippen LogP contribution in [0.25, 0.3) is 10.9 Å². The van der Waals surface area contributed by atoms with Gasteiger partial charge in [0, 0.05) is 17.6 Å². The first kappa shape index (κ1) is 13.9. The monoisotopic (exact) mass is 287 g/mol. The number of rotatable bonds is 4. The van der Waals surface area contributed by atoms with Crippen molar-refractivity contribution in [1.82, 2.24) is 10.4 Å². The quantitative estimate of drug-likeness (QED) is 0.669. The molecule has 0 spiro atoms. The van der Waals surface area contributed by atoms with Gasteiger partial charge >= 0.3 is 0 Å². The van der Waals surface area contributed by atoms with Crippen LogP contribution in [0.15, 0.2) is 36.5 Å². The minimum atomic E-state index is 0.243. The topological polar surface area (TPSA) is 50.9 Å². The number of nitrogens with one attached hydrogen (secondary N) is 1. The molecule has 0 bridgehead atoms. The summed E-state index contributed by atoms with van der Waals surface area (Å²) in [5.74, 6) is 9.18. The molecule has 2 heterocycles. The molecule has 0 amide bonds.